The molecule has 23 heavy (non-hydrogen) atoms. The Morgan fingerprint density at radius 1 is 1.39 bits per heavy atom. The molecule has 0 saturated carbocycles. The number of ether oxygens (including phenoxy) is 1. The van der Waals surface area contributed by atoms with Crippen LogP contribution in [0.25, 0.3) is 10.9 Å². The maximum absolute atomic E-state index is 12.6. The third-order valence-electron chi connectivity index (χ3n) is 4.33. The number of H-pyrrole nitrogens is 1. The first-order chi connectivity index (χ1) is 11.2. The van der Waals surface area contributed by atoms with Crippen molar-refractivity contribution in [3.63, 3.8) is 0 Å². The molecule has 0 aliphatic carbocycles. The maximum Gasteiger partial charge on any atom is 0.268 e. The monoisotopic (exact) mass is 310 g/mol. The Kier molecular flexibility index (Phi) is 3.38. The van der Waals surface area contributed by atoms with E-state index < -0.39 is 0 Å². The minimum atomic E-state index is -0.157. The van der Waals surface area contributed by atoms with Gasteiger partial charge in [0.1, 0.15) is 11.8 Å². The Balaban J connectivity index is 1.54. The van der Waals surface area contributed by atoms with Gasteiger partial charge in [-0.25, -0.2) is 0 Å². The number of nitrogens with one attached hydrogen (secondary N) is 2. The van der Waals surface area contributed by atoms with Crippen LogP contribution in [0.4, 0.5) is 0 Å². The van der Waals surface area contributed by atoms with E-state index in [-0.39, 0.29) is 18.1 Å². The molecule has 1 aliphatic rings. The number of amides is 1. The third-order valence-corrected chi connectivity index (χ3v) is 4.33. The Morgan fingerprint density at radius 3 is 3.04 bits per heavy atom. The molecule has 1 aromatic carbocycles. The molecular formula is C17H18N4O2. The number of benzene rings is 1. The number of rotatable bonds is 3. The average Bonchev–Trinajstić information content (AvgIpc) is 3.25. The fourth-order valence-corrected chi connectivity index (χ4v) is 3.13. The molecule has 1 amide bonds. The lowest BCUT2D eigenvalue weighted by molar-refractivity contribution is 0.0790. The summed E-state index contributed by atoms with van der Waals surface area (Å²) in [4.78, 5) is 15.7. The highest BCUT2D eigenvalue weighted by Crippen LogP contribution is 2.29. The van der Waals surface area contributed by atoms with Gasteiger partial charge in [-0.3, -0.25) is 9.48 Å². The molecule has 0 spiro atoms. The van der Waals surface area contributed by atoms with Crippen LogP contribution in [0.2, 0.25) is 0 Å². The van der Waals surface area contributed by atoms with Crippen molar-refractivity contribution in [2.75, 3.05) is 6.61 Å². The SMILES string of the molecule is Cn1nccc1[C@H]1OCC[C@@H]1NC(=O)c1cc2ccccc2[nH]1. The van der Waals surface area contributed by atoms with Gasteiger partial charge in [-0.2, -0.15) is 5.10 Å². The van der Waals surface area contributed by atoms with Crippen LogP contribution in [0.3, 0.4) is 0 Å². The highest BCUT2D eigenvalue weighted by molar-refractivity contribution is 5.98. The molecule has 3 aromatic rings. The molecule has 6 nitrogen and oxygen atoms in total. The summed E-state index contributed by atoms with van der Waals surface area (Å²) in [6.45, 7) is 0.632. The van der Waals surface area contributed by atoms with E-state index in [0.29, 0.717) is 12.3 Å². The summed E-state index contributed by atoms with van der Waals surface area (Å²) in [5.41, 5.74) is 2.51. The minimum absolute atomic E-state index is 0.0516. The second-order valence-corrected chi connectivity index (χ2v) is 5.81. The molecule has 1 saturated heterocycles. The summed E-state index contributed by atoms with van der Waals surface area (Å²) in [6, 6.07) is 11.6. The van der Waals surface area contributed by atoms with Gasteiger partial charge in [0.25, 0.3) is 5.91 Å². The van der Waals surface area contributed by atoms with Crippen molar-refractivity contribution in [1.29, 1.82) is 0 Å². The first-order valence-electron chi connectivity index (χ1n) is 7.70. The largest absolute Gasteiger partial charge is 0.370 e. The van der Waals surface area contributed by atoms with E-state index in [2.05, 4.69) is 15.4 Å². The maximum atomic E-state index is 12.6. The van der Waals surface area contributed by atoms with Crippen molar-refractivity contribution in [1.82, 2.24) is 20.1 Å². The summed E-state index contributed by atoms with van der Waals surface area (Å²) in [5.74, 6) is -0.108. The average molecular weight is 310 g/mol. The van der Waals surface area contributed by atoms with E-state index in [1.165, 1.54) is 0 Å². The third kappa shape index (κ3) is 2.51. The number of carbonyl (C=O) groups is 1. The van der Waals surface area contributed by atoms with Crippen LogP contribution in [-0.4, -0.2) is 33.3 Å². The van der Waals surface area contributed by atoms with Gasteiger partial charge in [0.15, 0.2) is 0 Å². The quantitative estimate of drug-likeness (QED) is 0.778. The summed E-state index contributed by atoms with van der Waals surface area (Å²) < 4.78 is 7.59. The van der Waals surface area contributed by atoms with Gasteiger partial charge >= 0.3 is 0 Å². The van der Waals surface area contributed by atoms with Gasteiger partial charge in [-0.15, -0.1) is 0 Å². The van der Waals surface area contributed by atoms with Gasteiger partial charge in [0.05, 0.1) is 11.7 Å². The van der Waals surface area contributed by atoms with Crippen molar-refractivity contribution in [2.24, 2.45) is 7.05 Å². The highest BCUT2D eigenvalue weighted by Gasteiger charge is 2.33. The van der Waals surface area contributed by atoms with E-state index in [4.69, 9.17) is 4.74 Å². The Bertz CT molecular complexity index is 818. The summed E-state index contributed by atoms with van der Waals surface area (Å²) in [6.07, 6.45) is 2.38. The van der Waals surface area contributed by atoms with Gasteiger partial charge in [-0.05, 0) is 24.6 Å². The van der Waals surface area contributed by atoms with Crippen LogP contribution >= 0.6 is 0 Å². The lowest BCUT2D eigenvalue weighted by Crippen LogP contribution is -2.37. The van der Waals surface area contributed by atoms with Crippen LogP contribution in [0.1, 0.15) is 28.7 Å². The molecule has 1 fully saturated rings. The predicted molar refractivity (Wildman–Crippen MR) is 86.1 cm³/mol. The Hall–Kier alpha value is -2.60. The van der Waals surface area contributed by atoms with Crippen molar-refractivity contribution in [3.05, 3.63) is 54.0 Å². The molecule has 4 rings (SSSR count). The molecule has 0 radical (unpaired) electrons. The van der Waals surface area contributed by atoms with Crippen molar-refractivity contribution < 1.29 is 9.53 Å². The molecular weight excluding hydrogens is 292 g/mol. The van der Waals surface area contributed by atoms with Gasteiger partial charge < -0.3 is 15.0 Å². The summed E-state index contributed by atoms with van der Waals surface area (Å²) >= 11 is 0. The molecule has 2 atom stereocenters. The van der Waals surface area contributed by atoms with E-state index >= 15 is 0 Å². The first-order valence-corrected chi connectivity index (χ1v) is 7.70. The standard InChI is InChI=1S/C17H18N4O2/c1-21-15(6-8-18-21)16-13(7-9-23-16)20-17(22)14-10-11-4-2-3-5-12(11)19-14/h2-6,8,10,13,16,19H,7,9H2,1H3,(H,20,22)/t13-,16-/m0/s1. The molecule has 3 heterocycles. The highest BCUT2D eigenvalue weighted by atomic mass is 16.5. The van der Waals surface area contributed by atoms with Crippen LogP contribution in [0, 0.1) is 0 Å². The number of aromatic nitrogens is 3. The zero-order chi connectivity index (χ0) is 15.8. The molecule has 0 bridgehead atoms. The number of carbonyl (C=O) groups excluding carboxylic acids is 1. The normalized spacial score (nSPS) is 20.9. The van der Waals surface area contributed by atoms with Crippen molar-refractivity contribution >= 4 is 16.8 Å². The van der Waals surface area contributed by atoms with E-state index in [1.54, 1.807) is 10.9 Å². The van der Waals surface area contributed by atoms with Crippen LogP contribution in [-0.2, 0) is 11.8 Å². The molecule has 2 N–H and O–H groups in total. The van der Waals surface area contributed by atoms with Crippen LogP contribution in [0.15, 0.2) is 42.6 Å². The van der Waals surface area contributed by atoms with Crippen molar-refractivity contribution in [2.45, 2.75) is 18.6 Å². The fourth-order valence-electron chi connectivity index (χ4n) is 3.13. The number of nitrogens with zero attached hydrogens (tertiary/aromatic N) is 2. The molecule has 2 aromatic heterocycles. The van der Waals surface area contributed by atoms with E-state index in [1.807, 2.05) is 43.4 Å². The lowest BCUT2D eigenvalue weighted by Gasteiger charge is -2.19. The second kappa shape index (κ2) is 5.55. The zero-order valence-electron chi connectivity index (χ0n) is 12.8. The summed E-state index contributed by atoms with van der Waals surface area (Å²) in [5, 5.41) is 8.30. The number of aryl methyl sites for hydroxylation is 1. The molecule has 1 aliphatic heterocycles. The molecule has 6 heteroatoms. The van der Waals surface area contributed by atoms with Gasteiger partial charge in [-0.1, -0.05) is 18.2 Å². The van der Waals surface area contributed by atoms with Crippen LogP contribution in [0.5, 0.6) is 0 Å². The van der Waals surface area contributed by atoms with Gasteiger partial charge in [0.2, 0.25) is 0 Å². The Morgan fingerprint density at radius 2 is 2.26 bits per heavy atom. The zero-order valence-corrected chi connectivity index (χ0v) is 12.8. The number of aromatic amines is 1. The summed E-state index contributed by atoms with van der Waals surface area (Å²) in [7, 11) is 1.88. The number of hydrogen-bond acceptors (Lipinski definition) is 3. The lowest BCUT2D eigenvalue weighted by atomic mass is 10.1. The fraction of sp³-hybridized carbons (Fsp3) is 0.294. The Labute approximate surface area is 133 Å². The first kappa shape index (κ1) is 14.0. The number of fused-ring (bicyclic) bond motifs is 1. The minimum Gasteiger partial charge on any atom is -0.370 e. The molecule has 0 unspecified atom stereocenters. The predicted octanol–water partition coefficient (Wildman–Crippen LogP) is 2.16. The van der Waals surface area contributed by atoms with E-state index in [9.17, 15) is 4.79 Å². The number of para-hydroxylation sites is 1. The van der Waals surface area contributed by atoms with Crippen LogP contribution < -0.4 is 5.32 Å². The number of hydrogen-bond donors (Lipinski definition) is 2. The van der Waals surface area contributed by atoms with Crippen molar-refractivity contribution in [3.8, 4) is 0 Å². The molecule has 118 valence electrons. The van der Waals surface area contributed by atoms with E-state index in [0.717, 1.165) is 23.0 Å². The smallest absolute Gasteiger partial charge is 0.268 e. The second-order valence-electron chi connectivity index (χ2n) is 5.81. The topological polar surface area (TPSA) is 71.9 Å². The van der Waals surface area contributed by atoms with Gasteiger partial charge in [0, 0.05) is 30.8 Å².